The molecule has 0 saturated carbocycles. The summed E-state index contributed by atoms with van der Waals surface area (Å²) < 4.78 is 43.0. The molecule has 2 aromatic rings. The Morgan fingerprint density at radius 2 is 1.62 bits per heavy atom. The lowest BCUT2D eigenvalue weighted by molar-refractivity contribution is -0.127. The molecule has 0 amide bonds. The van der Waals surface area contributed by atoms with Crippen molar-refractivity contribution >= 4 is 0 Å². The zero-order valence-electron chi connectivity index (χ0n) is 15.0. The van der Waals surface area contributed by atoms with E-state index in [-0.39, 0.29) is 5.56 Å². The number of rotatable bonds is 6. The molecule has 0 aromatic heterocycles. The topological polar surface area (TPSA) is 12.5 Å². The summed E-state index contributed by atoms with van der Waals surface area (Å²) in [4.78, 5) is 2.46. The van der Waals surface area contributed by atoms with E-state index >= 15 is 0 Å². The van der Waals surface area contributed by atoms with Crippen LogP contribution in [-0.4, -0.2) is 37.8 Å². The number of hydrogen-bond donors (Lipinski definition) is 0. The molecule has 5 heteroatoms. The Morgan fingerprint density at radius 1 is 0.962 bits per heavy atom. The van der Waals surface area contributed by atoms with Crippen molar-refractivity contribution in [3.63, 3.8) is 0 Å². The number of benzene rings is 2. The van der Waals surface area contributed by atoms with Crippen molar-refractivity contribution in [2.75, 3.05) is 26.7 Å². The lowest BCUT2D eigenvalue weighted by Crippen LogP contribution is -2.22. The van der Waals surface area contributed by atoms with Gasteiger partial charge >= 0.3 is 6.18 Å². The summed E-state index contributed by atoms with van der Waals surface area (Å²) in [7, 11) is 1.67. The van der Waals surface area contributed by atoms with Crippen molar-refractivity contribution in [1.29, 1.82) is 0 Å². The molecule has 3 rings (SSSR count). The number of halogens is 3. The van der Waals surface area contributed by atoms with Gasteiger partial charge in [-0.05, 0) is 66.7 Å². The Hall–Kier alpha value is -2.01. The maximum atomic E-state index is 12.5. The predicted octanol–water partition coefficient (Wildman–Crippen LogP) is 5.11. The first-order valence-corrected chi connectivity index (χ1v) is 9.00. The second kappa shape index (κ2) is 8.12. The Morgan fingerprint density at radius 3 is 2.23 bits per heavy atom. The Labute approximate surface area is 152 Å². The monoisotopic (exact) mass is 363 g/mol. The van der Waals surface area contributed by atoms with Crippen molar-refractivity contribution < 1.29 is 17.9 Å². The minimum Gasteiger partial charge on any atom is -0.496 e. The van der Waals surface area contributed by atoms with E-state index in [1.807, 2.05) is 12.1 Å². The normalized spacial score (nSPS) is 15.4. The van der Waals surface area contributed by atoms with Gasteiger partial charge in [-0.15, -0.1) is 0 Å². The number of ether oxygens (including phenoxy) is 1. The third-order valence-electron chi connectivity index (χ3n) is 4.87. The average molecular weight is 363 g/mol. The van der Waals surface area contributed by atoms with Gasteiger partial charge in [0.15, 0.2) is 0 Å². The lowest BCUT2D eigenvalue weighted by Gasteiger charge is -2.16. The van der Waals surface area contributed by atoms with Gasteiger partial charge in [0.25, 0.3) is 0 Å². The van der Waals surface area contributed by atoms with Crippen molar-refractivity contribution in [3.05, 3.63) is 53.6 Å². The molecule has 0 radical (unpaired) electrons. The first-order chi connectivity index (χ1) is 12.4. The van der Waals surface area contributed by atoms with E-state index in [4.69, 9.17) is 4.74 Å². The molecule has 1 aliphatic heterocycles. The lowest BCUT2D eigenvalue weighted by atomic mass is 9.99. The first-order valence-electron chi connectivity index (χ1n) is 9.00. The van der Waals surface area contributed by atoms with Gasteiger partial charge < -0.3 is 9.64 Å². The van der Waals surface area contributed by atoms with Gasteiger partial charge in [-0.1, -0.05) is 30.3 Å². The summed E-state index contributed by atoms with van der Waals surface area (Å²) in [6, 6.07) is 12.6. The number of likely N-dealkylation sites (tertiary alicyclic amines) is 1. The highest BCUT2D eigenvalue weighted by molar-refractivity contribution is 5.66. The van der Waals surface area contributed by atoms with Gasteiger partial charge in [0.2, 0.25) is 0 Å². The third kappa shape index (κ3) is 5.01. The molecule has 1 fully saturated rings. The van der Waals surface area contributed by atoms with Crippen LogP contribution in [0.4, 0.5) is 13.2 Å². The minimum absolute atomic E-state index is 0.281. The van der Waals surface area contributed by atoms with E-state index in [9.17, 15) is 13.2 Å². The number of nitrogens with zero attached hydrogens (tertiary/aromatic N) is 1. The molecule has 1 aliphatic rings. The molecular formula is C21H24F3NO. The highest BCUT2D eigenvalue weighted by Gasteiger charge is 2.27. The average Bonchev–Trinajstić information content (AvgIpc) is 3.12. The largest absolute Gasteiger partial charge is 0.496 e. The summed E-state index contributed by atoms with van der Waals surface area (Å²) >= 11 is 0. The van der Waals surface area contributed by atoms with E-state index in [2.05, 4.69) is 11.0 Å². The Kier molecular flexibility index (Phi) is 5.87. The maximum Gasteiger partial charge on any atom is 0.393 e. The molecule has 0 N–H and O–H groups in total. The van der Waals surface area contributed by atoms with Crippen LogP contribution in [0.2, 0.25) is 0 Å². The fourth-order valence-corrected chi connectivity index (χ4v) is 3.48. The summed E-state index contributed by atoms with van der Waals surface area (Å²) in [6.07, 6.45) is -1.63. The number of methoxy groups -OCH3 is 1. The van der Waals surface area contributed by atoms with E-state index < -0.39 is 12.6 Å². The van der Waals surface area contributed by atoms with Crippen LogP contribution in [0.5, 0.6) is 5.75 Å². The second-order valence-electron chi connectivity index (χ2n) is 6.81. The van der Waals surface area contributed by atoms with Crippen molar-refractivity contribution in [1.82, 2.24) is 4.90 Å². The quantitative estimate of drug-likeness (QED) is 0.707. The fourth-order valence-electron chi connectivity index (χ4n) is 3.48. The van der Waals surface area contributed by atoms with Crippen molar-refractivity contribution in [2.45, 2.75) is 31.9 Å². The standard InChI is InChI=1S/C21H24F3NO/c1-26-20-9-8-18(14-19(20)10-13-25-11-2-3-12-25)17-6-4-16(5-7-17)15-21(22,23)24/h4-9,14H,2-3,10-13,15H2,1H3. The maximum absolute atomic E-state index is 12.5. The van der Waals surface area contributed by atoms with E-state index in [1.54, 1.807) is 31.4 Å². The van der Waals surface area contributed by atoms with E-state index in [0.29, 0.717) is 0 Å². The van der Waals surface area contributed by atoms with Crippen LogP contribution < -0.4 is 4.74 Å². The number of hydrogen-bond acceptors (Lipinski definition) is 2. The van der Waals surface area contributed by atoms with Crippen molar-refractivity contribution in [2.24, 2.45) is 0 Å². The van der Waals surface area contributed by atoms with Gasteiger partial charge in [0.05, 0.1) is 13.5 Å². The zero-order valence-corrected chi connectivity index (χ0v) is 15.0. The molecule has 2 nitrogen and oxygen atoms in total. The van der Waals surface area contributed by atoms with Gasteiger partial charge in [-0.2, -0.15) is 13.2 Å². The first kappa shape index (κ1) is 18.8. The second-order valence-corrected chi connectivity index (χ2v) is 6.81. The van der Waals surface area contributed by atoms with Crippen LogP contribution in [0.15, 0.2) is 42.5 Å². The Balaban J connectivity index is 1.75. The van der Waals surface area contributed by atoms with Gasteiger partial charge in [0, 0.05) is 6.54 Å². The molecule has 140 valence electrons. The predicted molar refractivity (Wildman–Crippen MR) is 97.6 cm³/mol. The SMILES string of the molecule is COc1ccc(-c2ccc(CC(F)(F)F)cc2)cc1CCN1CCCC1. The highest BCUT2D eigenvalue weighted by Crippen LogP contribution is 2.29. The van der Waals surface area contributed by atoms with Gasteiger partial charge in [-0.25, -0.2) is 0 Å². The molecule has 2 aromatic carbocycles. The van der Waals surface area contributed by atoms with Crippen LogP contribution in [-0.2, 0) is 12.8 Å². The zero-order chi connectivity index (χ0) is 18.6. The van der Waals surface area contributed by atoms with E-state index in [0.717, 1.165) is 48.5 Å². The molecule has 0 unspecified atom stereocenters. The third-order valence-corrected chi connectivity index (χ3v) is 4.87. The van der Waals surface area contributed by atoms with Crippen molar-refractivity contribution in [3.8, 4) is 16.9 Å². The Bertz CT molecular complexity index is 719. The molecule has 0 spiro atoms. The molecule has 26 heavy (non-hydrogen) atoms. The van der Waals surface area contributed by atoms with Crippen LogP contribution >= 0.6 is 0 Å². The summed E-state index contributed by atoms with van der Waals surface area (Å²) in [5, 5.41) is 0. The molecular weight excluding hydrogens is 339 g/mol. The fraction of sp³-hybridized carbons (Fsp3) is 0.429. The number of alkyl halides is 3. The minimum atomic E-state index is -4.18. The summed E-state index contributed by atoms with van der Waals surface area (Å²) in [5.74, 6) is 0.863. The summed E-state index contributed by atoms with van der Waals surface area (Å²) in [6.45, 7) is 3.32. The van der Waals surface area contributed by atoms with Crippen LogP contribution in [0.1, 0.15) is 24.0 Å². The smallest absolute Gasteiger partial charge is 0.393 e. The molecule has 1 saturated heterocycles. The molecule has 0 atom stereocenters. The molecule has 0 aliphatic carbocycles. The van der Waals surface area contributed by atoms with E-state index in [1.165, 1.54) is 12.8 Å². The molecule has 0 bridgehead atoms. The highest BCUT2D eigenvalue weighted by atomic mass is 19.4. The van der Waals surface area contributed by atoms with Gasteiger partial charge in [-0.3, -0.25) is 0 Å². The van der Waals surface area contributed by atoms with Gasteiger partial charge in [0.1, 0.15) is 5.75 Å². The van der Waals surface area contributed by atoms with Crippen LogP contribution in [0, 0.1) is 0 Å². The summed E-state index contributed by atoms with van der Waals surface area (Å²) in [5.41, 5.74) is 3.34. The van der Waals surface area contributed by atoms with Crippen LogP contribution in [0.25, 0.3) is 11.1 Å². The van der Waals surface area contributed by atoms with Crippen LogP contribution in [0.3, 0.4) is 0 Å². The molecule has 1 heterocycles.